The fourth-order valence-electron chi connectivity index (χ4n) is 1.99. The van der Waals surface area contributed by atoms with Crippen LogP contribution in [0, 0.1) is 6.92 Å². The Morgan fingerprint density at radius 3 is 2.17 bits per heavy atom. The Morgan fingerprint density at radius 1 is 1.00 bits per heavy atom. The second kappa shape index (κ2) is 6.78. The van der Waals surface area contributed by atoms with Gasteiger partial charge in [-0.3, -0.25) is 9.52 Å². The zero-order valence-corrected chi connectivity index (χ0v) is 14.7. The second-order valence-electron chi connectivity index (χ2n) is 4.93. The van der Waals surface area contributed by atoms with Crippen molar-refractivity contribution >= 4 is 50.5 Å². The van der Waals surface area contributed by atoms with Gasteiger partial charge < -0.3 is 5.32 Å². The van der Waals surface area contributed by atoms with Gasteiger partial charge in [-0.25, -0.2) is 8.42 Å². The molecular formula is C15H14Cl2N2O3S. The molecule has 0 fully saturated rings. The minimum Gasteiger partial charge on any atom is -0.326 e. The van der Waals surface area contributed by atoms with Crippen molar-refractivity contribution in [3.8, 4) is 0 Å². The maximum absolute atomic E-state index is 12.6. The Labute approximate surface area is 144 Å². The van der Waals surface area contributed by atoms with E-state index in [0.29, 0.717) is 21.3 Å². The van der Waals surface area contributed by atoms with E-state index >= 15 is 0 Å². The lowest BCUT2D eigenvalue weighted by molar-refractivity contribution is -0.114. The number of carbonyl (C=O) groups excluding carboxylic acids is 1. The summed E-state index contributed by atoms with van der Waals surface area (Å²) in [6.45, 7) is 3.01. The molecule has 0 radical (unpaired) electrons. The summed E-state index contributed by atoms with van der Waals surface area (Å²) in [7, 11) is -3.85. The van der Waals surface area contributed by atoms with Crippen LogP contribution in [-0.2, 0) is 14.8 Å². The van der Waals surface area contributed by atoms with Gasteiger partial charge in [0.15, 0.2) is 0 Å². The minimum absolute atomic E-state index is 0.0554. The molecule has 2 N–H and O–H groups in total. The molecule has 23 heavy (non-hydrogen) atoms. The first-order valence-corrected chi connectivity index (χ1v) is 8.78. The molecule has 0 atom stereocenters. The third-order valence-electron chi connectivity index (χ3n) is 2.91. The molecule has 1 amide bonds. The van der Waals surface area contributed by atoms with Crippen molar-refractivity contribution in [2.24, 2.45) is 0 Å². The van der Waals surface area contributed by atoms with Crippen LogP contribution in [0.1, 0.15) is 12.5 Å². The third-order valence-corrected chi connectivity index (χ3v) is 4.87. The van der Waals surface area contributed by atoms with Crippen LogP contribution in [-0.4, -0.2) is 14.3 Å². The third kappa shape index (κ3) is 4.60. The maximum atomic E-state index is 12.6. The first kappa shape index (κ1) is 17.6. The van der Waals surface area contributed by atoms with Crippen molar-refractivity contribution in [3.63, 3.8) is 0 Å². The standard InChI is InChI=1S/C15H14Cl2N2O3S/c1-9-3-4-13(18-10(2)20)8-15(9)23(21,22)19-14-6-11(16)5-12(17)7-14/h3-8,19H,1-2H3,(H,18,20). The van der Waals surface area contributed by atoms with E-state index in [4.69, 9.17) is 23.2 Å². The lowest BCUT2D eigenvalue weighted by Crippen LogP contribution is -2.15. The molecule has 0 aliphatic heterocycles. The maximum Gasteiger partial charge on any atom is 0.262 e. The monoisotopic (exact) mass is 372 g/mol. The number of amides is 1. The van der Waals surface area contributed by atoms with Gasteiger partial charge in [-0.05, 0) is 42.8 Å². The number of anilines is 2. The number of benzene rings is 2. The smallest absolute Gasteiger partial charge is 0.262 e. The highest BCUT2D eigenvalue weighted by molar-refractivity contribution is 7.92. The van der Waals surface area contributed by atoms with Crippen molar-refractivity contribution in [2.75, 3.05) is 10.0 Å². The fourth-order valence-corrected chi connectivity index (χ4v) is 3.83. The molecule has 0 saturated heterocycles. The molecular weight excluding hydrogens is 359 g/mol. The quantitative estimate of drug-likeness (QED) is 0.849. The number of rotatable bonds is 4. The summed E-state index contributed by atoms with van der Waals surface area (Å²) in [5, 5.41) is 3.19. The van der Waals surface area contributed by atoms with E-state index in [0.717, 1.165) is 0 Å². The van der Waals surface area contributed by atoms with Gasteiger partial charge in [-0.15, -0.1) is 0 Å². The van der Waals surface area contributed by atoms with Crippen LogP contribution in [0.2, 0.25) is 10.0 Å². The molecule has 0 aliphatic rings. The zero-order valence-electron chi connectivity index (χ0n) is 12.4. The van der Waals surface area contributed by atoms with Gasteiger partial charge >= 0.3 is 0 Å². The summed E-state index contributed by atoms with van der Waals surface area (Å²) < 4.78 is 27.6. The molecule has 5 nitrogen and oxygen atoms in total. The molecule has 0 aliphatic carbocycles. The second-order valence-corrected chi connectivity index (χ2v) is 7.45. The van der Waals surface area contributed by atoms with E-state index < -0.39 is 10.0 Å². The first-order chi connectivity index (χ1) is 10.7. The van der Waals surface area contributed by atoms with Crippen LogP contribution >= 0.6 is 23.2 Å². The fraction of sp³-hybridized carbons (Fsp3) is 0.133. The highest BCUT2D eigenvalue weighted by Gasteiger charge is 2.18. The highest BCUT2D eigenvalue weighted by atomic mass is 35.5. The van der Waals surface area contributed by atoms with Crippen molar-refractivity contribution < 1.29 is 13.2 Å². The molecule has 122 valence electrons. The lowest BCUT2D eigenvalue weighted by Gasteiger charge is -2.12. The number of aryl methyl sites for hydroxylation is 1. The van der Waals surface area contributed by atoms with E-state index in [1.54, 1.807) is 19.1 Å². The Hall–Kier alpha value is -1.76. The molecule has 0 heterocycles. The molecule has 0 saturated carbocycles. The summed E-state index contributed by atoms with van der Waals surface area (Å²) in [4.78, 5) is 11.2. The van der Waals surface area contributed by atoms with Crippen LogP contribution in [0.5, 0.6) is 0 Å². The number of hydrogen-bond donors (Lipinski definition) is 2. The Bertz CT molecular complexity index is 847. The summed E-state index contributed by atoms with van der Waals surface area (Å²) in [6.07, 6.45) is 0. The van der Waals surface area contributed by atoms with Crippen LogP contribution < -0.4 is 10.0 Å². The van der Waals surface area contributed by atoms with Gasteiger partial charge in [0.1, 0.15) is 0 Å². The van der Waals surface area contributed by atoms with Gasteiger partial charge in [0.25, 0.3) is 10.0 Å². The lowest BCUT2D eigenvalue weighted by atomic mass is 10.2. The normalized spacial score (nSPS) is 11.1. The number of sulfonamides is 1. The summed E-state index contributed by atoms with van der Waals surface area (Å²) in [5.41, 5.74) is 1.19. The van der Waals surface area contributed by atoms with Crippen molar-refractivity contribution in [3.05, 3.63) is 52.0 Å². The van der Waals surface area contributed by atoms with Crippen molar-refractivity contribution in [1.82, 2.24) is 0 Å². The SMILES string of the molecule is CC(=O)Nc1ccc(C)c(S(=O)(=O)Nc2cc(Cl)cc(Cl)c2)c1. The molecule has 8 heteroatoms. The van der Waals surface area contributed by atoms with Gasteiger partial charge in [0, 0.05) is 22.7 Å². The minimum atomic E-state index is -3.85. The van der Waals surface area contributed by atoms with Gasteiger partial charge in [-0.2, -0.15) is 0 Å². The van der Waals surface area contributed by atoms with Crippen LogP contribution in [0.4, 0.5) is 11.4 Å². The van der Waals surface area contributed by atoms with Crippen LogP contribution in [0.25, 0.3) is 0 Å². The molecule has 0 aromatic heterocycles. The van der Waals surface area contributed by atoms with E-state index in [9.17, 15) is 13.2 Å². The average Bonchev–Trinajstić information content (AvgIpc) is 2.38. The predicted molar refractivity (Wildman–Crippen MR) is 92.8 cm³/mol. The number of hydrogen-bond acceptors (Lipinski definition) is 3. The van der Waals surface area contributed by atoms with Crippen molar-refractivity contribution in [2.45, 2.75) is 18.7 Å². The van der Waals surface area contributed by atoms with E-state index in [-0.39, 0.29) is 16.5 Å². The molecule has 2 aromatic carbocycles. The molecule has 0 spiro atoms. The predicted octanol–water partition coefficient (Wildman–Crippen LogP) is 4.06. The molecule has 2 aromatic rings. The summed E-state index contributed by atoms with van der Waals surface area (Å²) >= 11 is 11.7. The van der Waals surface area contributed by atoms with E-state index in [2.05, 4.69) is 10.0 Å². The Morgan fingerprint density at radius 2 is 1.61 bits per heavy atom. The zero-order chi connectivity index (χ0) is 17.2. The first-order valence-electron chi connectivity index (χ1n) is 6.54. The number of nitrogens with one attached hydrogen (secondary N) is 2. The van der Waals surface area contributed by atoms with Gasteiger partial charge in [0.2, 0.25) is 5.91 Å². The van der Waals surface area contributed by atoms with Crippen LogP contribution in [0.15, 0.2) is 41.3 Å². The Balaban J connectivity index is 2.40. The van der Waals surface area contributed by atoms with Gasteiger partial charge in [-0.1, -0.05) is 29.3 Å². The van der Waals surface area contributed by atoms with Crippen LogP contribution in [0.3, 0.4) is 0 Å². The molecule has 0 unspecified atom stereocenters. The number of carbonyl (C=O) groups is 1. The summed E-state index contributed by atoms with van der Waals surface area (Å²) in [6, 6.07) is 9.06. The highest BCUT2D eigenvalue weighted by Crippen LogP contribution is 2.26. The van der Waals surface area contributed by atoms with E-state index in [1.807, 2.05) is 0 Å². The molecule has 2 rings (SSSR count). The van der Waals surface area contributed by atoms with E-state index in [1.165, 1.54) is 31.2 Å². The average molecular weight is 373 g/mol. The topological polar surface area (TPSA) is 75.3 Å². The largest absolute Gasteiger partial charge is 0.326 e. The van der Waals surface area contributed by atoms with Gasteiger partial charge in [0.05, 0.1) is 10.6 Å². The number of halogens is 2. The van der Waals surface area contributed by atoms with Crippen molar-refractivity contribution in [1.29, 1.82) is 0 Å². The molecule has 0 bridgehead atoms. The summed E-state index contributed by atoms with van der Waals surface area (Å²) in [5.74, 6) is -0.285. The Kier molecular flexibility index (Phi) is 5.19.